The first-order chi connectivity index (χ1) is 32.5. The number of nitrogens with one attached hydrogen (secondary N) is 1. The topological polar surface area (TPSA) is 108 Å². The van der Waals surface area contributed by atoms with Gasteiger partial charge in [-0.05, 0) is 64.2 Å². The quantitative estimate of drug-likeness (QED) is 0.0272. The molecule has 0 aromatic carbocycles. The predicted molar refractivity (Wildman–Crippen MR) is 288 cm³/mol. The van der Waals surface area contributed by atoms with Gasteiger partial charge < -0.3 is 28.8 Å². The van der Waals surface area contributed by atoms with E-state index in [1.54, 1.807) is 0 Å². The maximum absolute atomic E-state index is 13.0. The molecule has 67 heavy (non-hydrogen) atoms. The average Bonchev–Trinajstić information content (AvgIpc) is 3.29. The van der Waals surface area contributed by atoms with Crippen LogP contribution in [0.3, 0.4) is 0 Å². The SMILES string of the molecule is CC/C=C\C/C=C\C/C=C\C/C=C\C/C=C\C/C=C\CCCCCCCCC(=O)NC(COP(=O)([O-])OCC[N+](C)(C)C)C(O)CCCCCCCCCCCCCCCCCCCCCC. The molecule has 0 radical (unpaired) electrons. The summed E-state index contributed by atoms with van der Waals surface area (Å²) in [7, 11) is 1.29. The van der Waals surface area contributed by atoms with E-state index >= 15 is 0 Å². The highest BCUT2D eigenvalue weighted by molar-refractivity contribution is 7.45. The zero-order chi connectivity index (χ0) is 49.2. The third-order valence-electron chi connectivity index (χ3n) is 12.2. The van der Waals surface area contributed by atoms with Gasteiger partial charge in [0, 0.05) is 6.42 Å². The van der Waals surface area contributed by atoms with Gasteiger partial charge in [0.2, 0.25) is 5.91 Å². The first kappa shape index (κ1) is 64.9. The van der Waals surface area contributed by atoms with Gasteiger partial charge in [-0.15, -0.1) is 0 Å². The lowest BCUT2D eigenvalue weighted by Crippen LogP contribution is -2.46. The van der Waals surface area contributed by atoms with E-state index in [1.165, 1.54) is 122 Å². The molecule has 0 aromatic heterocycles. The highest BCUT2D eigenvalue weighted by atomic mass is 31.2. The summed E-state index contributed by atoms with van der Waals surface area (Å²) in [6.45, 7) is 4.61. The van der Waals surface area contributed by atoms with Gasteiger partial charge >= 0.3 is 0 Å². The first-order valence-corrected chi connectivity index (χ1v) is 29.2. The molecule has 0 aliphatic carbocycles. The number of carbonyl (C=O) groups is 1. The molecule has 3 unspecified atom stereocenters. The fourth-order valence-corrected chi connectivity index (χ4v) is 8.59. The van der Waals surface area contributed by atoms with Crippen molar-refractivity contribution in [2.45, 2.75) is 251 Å². The van der Waals surface area contributed by atoms with Gasteiger partial charge in [-0.3, -0.25) is 9.36 Å². The van der Waals surface area contributed by atoms with Crippen LogP contribution in [0.15, 0.2) is 72.9 Å². The van der Waals surface area contributed by atoms with Crippen LogP contribution in [0.2, 0.25) is 0 Å². The summed E-state index contributed by atoms with van der Waals surface area (Å²) >= 11 is 0. The summed E-state index contributed by atoms with van der Waals surface area (Å²) < 4.78 is 23.4. The molecule has 0 aliphatic rings. The van der Waals surface area contributed by atoms with Crippen molar-refractivity contribution in [2.24, 2.45) is 0 Å². The lowest BCUT2D eigenvalue weighted by atomic mass is 10.0. The zero-order valence-corrected chi connectivity index (χ0v) is 45.2. The average molecular weight is 959 g/mol. The van der Waals surface area contributed by atoms with Crippen molar-refractivity contribution in [1.29, 1.82) is 0 Å². The molecule has 0 heterocycles. The number of rotatable bonds is 50. The zero-order valence-electron chi connectivity index (χ0n) is 44.3. The molecule has 0 rings (SSSR count). The Labute approximate surface area is 414 Å². The molecule has 0 saturated carbocycles. The fourth-order valence-electron chi connectivity index (χ4n) is 7.87. The van der Waals surface area contributed by atoms with Crippen molar-refractivity contribution in [2.75, 3.05) is 40.9 Å². The van der Waals surface area contributed by atoms with Crippen LogP contribution in [0, 0.1) is 0 Å². The Morgan fingerprint density at radius 1 is 0.537 bits per heavy atom. The molecule has 3 atom stereocenters. The number of phosphoric acid groups is 1. The Morgan fingerprint density at radius 3 is 1.33 bits per heavy atom. The second-order valence-electron chi connectivity index (χ2n) is 19.9. The van der Waals surface area contributed by atoms with E-state index < -0.39 is 20.0 Å². The molecular weight excluding hydrogens is 852 g/mol. The Balaban J connectivity index is 4.27. The molecule has 8 nitrogen and oxygen atoms in total. The third kappa shape index (κ3) is 51.6. The van der Waals surface area contributed by atoms with E-state index in [4.69, 9.17) is 9.05 Å². The first-order valence-electron chi connectivity index (χ1n) is 27.8. The Bertz CT molecular complexity index is 1320. The molecule has 0 aliphatic heterocycles. The van der Waals surface area contributed by atoms with Crippen molar-refractivity contribution in [3.8, 4) is 0 Å². The lowest BCUT2D eigenvalue weighted by Gasteiger charge is -2.30. The highest BCUT2D eigenvalue weighted by Crippen LogP contribution is 2.38. The number of quaternary nitrogens is 1. The summed E-state index contributed by atoms with van der Waals surface area (Å²) in [5.74, 6) is -0.180. The summed E-state index contributed by atoms with van der Waals surface area (Å²) in [5, 5.41) is 14.0. The highest BCUT2D eigenvalue weighted by Gasteiger charge is 2.24. The van der Waals surface area contributed by atoms with E-state index in [1.807, 2.05) is 21.1 Å². The molecule has 0 aromatic rings. The molecule has 0 spiro atoms. The summed E-state index contributed by atoms with van der Waals surface area (Å²) in [6, 6.07) is -0.814. The van der Waals surface area contributed by atoms with E-state index in [9.17, 15) is 19.4 Å². The molecule has 0 fully saturated rings. The van der Waals surface area contributed by atoms with Gasteiger partial charge in [0.1, 0.15) is 13.2 Å². The van der Waals surface area contributed by atoms with Crippen LogP contribution in [-0.4, -0.2) is 68.5 Å². The number of hydrogen-bond donors (Lipinski definition) is 2. The molecular formula is C58H107N2O6P. The number of unbranched alkanes of at least 4 members (excludes halogenated alkanes) is 25. The van der Waals surface area contributed by atoms with Crippen LogP contribution in [-0.2, 0) is 18.4 Å². The van der Waals surface area contributed by atoms with Crippen LogP contribution in [0.25, 0.3) is 0 Å². The minimum Gasteiger partial charge on any atom is -0.756 e. The van der Waals surface area contributed by atoms with Crippen molar-refractivity contribution in [1.82, 2.24) is 5.32 Å². The number of carbonyl (C=O) groups excluding carboxylic acids is 1. The van der Waals surface area contributed by atoms with Crippen LogP contribution in [0.1, 0.15) is 239 Å². The lowest BCUT2D eigenvalue weighted by molar-refractivity contribution is -0.870. The standard InChI is InChI=1S/C58H107N2O6P/c1-6-8-10-12-14-16-18-20-22-24-26-28-29-30-31-32-34-36-38-40-42-44-46-48-50-52-58(62)59-56(55-66-67(63,64)65-54-53-60(3,4)5)57(61)51-49-47-45-43-41-39-37-35-33-27-25-23-21-19-17-15-13-11-9-7-2/h8,10,14,16,20,22,26,28,30-31,34,36,56-57,61H,6-7,9,11-13,15,17-19,21,23-25,27,29,32-33,35,37-55H2,1-5H3,(H-,59,62,63,64)/b10-8-,16-14-,22-20-,28-26-,31-30-,36-34-. The third-order valence-corrected chi connectivity index (χ3v) is 13.2. The summed E-state index contributed by atoms with van der Waals surface area (Å²) in [5.41, 5.74) is 0. The summed E-state index contributed by atoms with van der Waals surface area (Å²) in [6.07, 6.45) is 66.3. The van der Waals surface area contributed by atoms with Gasteiger partial charge in [-0.25, -0.2) is 0 Å². The monoisotopic (exact) mass is 959 g/mol. The fraction of sp³-hybridized carbons (Fsp3) is 0.776. The molecule has 1 amide bonds. The Kier molecular flexibility index (Phi) is 47.4. The maximum atomic E-state index is 13.0. The predicted octanol–water partition coefficient (Wildman–Crippen LogP) is 16.1. The van der Waals surface area contributed by atoms with E-state index in [2.05, 4.69) is 92.1 Å². The van der Waals surface area contributed by atoms with Gasteiger partial charge in [-0.2, -0.15) is 0 Å². The number of phosphoric ester groups is 1. The van der Waals surface area contributed by atoms with Crippen LogP contribution in [0.5, 0.6) is 0 Å². The van der Waals surface area contributed by atoms with E-state index in [0.29, 0.717) is 23.9 Å². The van der Waals surface area contributed by atoms with Crippen molar-refractivity contribution >= 4 is 13.7 Å². The number of likely N-dealkylation sites (N-methyl/N-ethyl adjacent to an activating group) is 1. The number of aliphatic hydroxyl groups excluding tert-OH is 1. The van der Waals surface area contributed by atoms with Gasteiger partial charge in [0.15, 0.2) is 0 Å². The number of aliphatic hydroxyl groups is 1. The Hall–Kier alpha value is -2.06. The molecule has 390 valence electrons. The van der Waals surface area contributed by atoms with E-state index in [0.717, 1.165) is 89.9 Å². The number of amides is 1. The maximum Gasteiger partial charge on any atom is 0.268 e. The number of nitrogens with zero attached hydrogens (tertiary/aromatic N) is 1. The van der Waals surface area contributed by atoms with Crippen LogP contribution >= 0.6 is 7.82 Å². The smallest absolute Gasteiger partial charge is 0.268 e. The number of allylic oxidation sites excluding steroid dienone is 12. The second kappa shape index (κ2) is 48.9. The van der Waals surface area contributed by atoms with Crippen LogP contribution < -0.4 is 10.2 Å². The normalized spacial score (nSPS) is 14.6. The largest absolute Gasteiger partial charge is 0.756 e. The minimum atomic E-state index is -4.58. The van der Waals surface area contributed by atoms with Crippen molar-refractivity contribution in [3.63, 3.8) is 0 Å². The van der Waals surface area contributed by atoms with Gasteiger partial charge in [-0.1, -0.05) is 241 Å². The van der Waals surface area contributed by atoms with Crippen LogP contribution in [0.4, 0.5) is 0 Å². The molecule has 0 saturated heterocycles. The molecule has 2 N–H and O–H groups in total. The summed E-state index contributed by atoms with van der Waals surface area (Å²) in [4.78, 5) is 25.5. The van der Waals surface area contributed by atoms with E-state index in [-0.39, 0.29) is 19.1 Å². The van der Waals surface area contributed by atoms with Gasteiger partial charge in [0.05, 0.1) is 39.9 Å². The molecule has 0 bridgehead atoms. The van der Waals surface area contributed by atoms with Crippen molar-refractivity contribution < 1.29 is 32.9 Å². The van der Waals surface area contributed by atoms with Gasteiger partial charge in [0.25, 0.3) is 7.82 Å². The van der Waals surface area contributed by atoms with Crippen molar-refractivity contribution in [3.05, 3.63) is 72.9 Å². The Morgan fingerprint density at radius 2 is 0.910 bits per heavy atom. The second-order valence-corrected chi connectivity index (χ2v) is 21.3. The minimum absolute atomic E-state index is 0.00572. The molecule has 9 heteroatoms. The number of hydrogen-bond acceptors (Lipinski definition) is 6.